The topological polar surface area (TPSA) is 64.2 Å². The Labute approximate surface area is 146 Å². The molecule has 5 nitrogen and oxygen atoms in total. The van der Waals surface area contributed by atoms with Gasteiger partial charge in [-0.05, 0) is 30.5 Å². The molecular weight excluding hydrogens is 316 g/mol. The second-order valence-corrected chi connectivity index (χ2v) is 6.52. The maximum Gasteiger partial charge on any atom is 0.420 e. The van der Waals surface area contributed by atoms with E-state index >= 15 is 0 Å². The highest BCUT2D eigenvalue weighted by atomic mass is 16.4. The van der Waals surface area contributed by atoms with Crippen LogP contribution in [0.25, 0.3) is 11.1 Å². The Morgan fingerprint density at radius 1 is 1.00 bits per heavy atom. The third kappa shape index (κ3) is 3.36. The van der Waals surface area contributed by atoms with Gasteiger partial charge in [0, 0.05) is 0 Å². The van der Waals surface area contributed by atoms with Crippen molar-refractivity contribution < 1.29 is 9.21 Å². The van der Waals surface area contributed by atoms with Crippen LogP contribution in [0.3, 0.4) is 0 Å². The lowest BCUT2D eigenvalue weighted by atomic mass is 9.96. The minimum Gasteiger partial charge on any atom is -0.408 e. The SMILES string of the molecule is CC(C)C(NC(=O)C(C)n1c(=O)oc2ccccc21)c1ccccc1. The molecule has 0 aliphatic rings. The highest BCUT2D eigenvalue weighted by Crippen LogP contribution is 2.23. The van der Waals surface area contributed by atoms with E-state index in [9.17, 15) is 9.59 Å². The standard InChI is InChI=1S/C20H22N2O3/c1-13(2)18(15-9-5-4-6-10-15)21-19(23)14(3)22-16-11-7-8-12-17(16)25-20(22)24/h4-14,18H,1-3H3,(H,21,23). The van der Waals surface area contributed by atoms with Crippen LogP contribution >= 0.6 is 0 Å². The van der Waals surface area contributed by atoms with Gasteiger partial charge in [-0.15, -0.1) is 0 Å². The summed E-state index contributed by atoms with van der Waals surface area (Å²) in [6.07, 6.45) is 0. The molecule has 1 N–H and O–H groups in total. The number of benzene rings is 2. The number of carbonyl (C=O) groups excluding carboxylic acids is 1. The first kappa shape index (κ1) is 17.0. The summed E-state index contributed by atoms with van der Waals surface area (Å²) in [5.41, 5.74) is 2.15. The quantitative estimate of drug-likeness (QED) is 0.772. The maximum absolute atomic E-state index is 12.8. The smallest absolute Gasteiger partial charge is 0.408 e. The molecule has 25 heavy (non-hydrogen) atoms. The fourth-order valence-electron chi connectivity index (χ4n) is 3.04. The van der Waals surface area contributed by atoms with Crippen molar-refractivity contribution in [3.63, 3.8) is 0 Å². The van der Waals surface area contributed by atoms with Crippen molar-refractivity contribution in [3.8, 4) is 0 Å². The molecule has 0 aliphatic carbocycles. The lowest BCUT2D eigenvalue weighted by molar-refractivity contribution is -0.125. The van der Waals surface area contributed by atoms with Crippen LogP contribution in [0.2, 0.25) is 0 Å². The molecule has 0 aliphatic heterocycles. The van der Waals surface area contributed by atoms with E-state index in [4.69, 9.17) is 4.42 Å². The minimum absolute atomic E-state index is 0.120. The van der Waals surface area contributed by atoms with Crippen molar-refractivity contribution in [1.82, 2.24) is 9.88 Å². The molecule has 130 valence electrons. The lowest BCUT2D eigenvalue weighted by Gasteiger charge is -2.25. The van der Waals surface area contributed by atoms with Crippen molar-refractivity contribution in [1.29, 1.82) is 0 Å². The molecule has 0 saturated carbocycles. The van der Waals surface area contributed by atoms with Gasteiger partial charge < -0.3 is 9.73 Å². The highest BCUT2D eigenvalue weighted by molar-refractivity contribution is 5.83. The Morgan fingerprint density at radius 2 is 1.64 bits per heavy atom. The van der Waals surface area contributed by atoms with Gasteiger partial charge in [-0.1, -0.05) is 56.3 Å². The third-order valence-corrected chi connectivity index (χ3v) is 4.41. The predicted octanol–water partition coefficient (Wildman–Crippen LogP) is 3.67. The number of carbonyl (C=O) groups is 1. The van der Waals surface area contributed by atoms with Gasteiger partial charge in [0.15, 0.2) is 5.58 Å². The molecule has 2 unspecified atom stereocenters. The number of nitrogens with one attached hydrogen (secondary N) is 1. The number of amides is 1. The van der Waals surface area contributed by atoms with Gasteiger partial charge in [0.2, 0.25) is 5.91 Å². The molecule has 0 radical (unpaired) electrons. The summed E-state index contributed by atoms with van der Waals surface area (Å²) >= 11 is 0. The van der Waals surface area contributed by atoms with Crippen LogP contribution in [0.15, 0.2) is 63.8 Å². The number of rotatable bonds is 5. The van der Waals surface area contributed by atoms with Gasteiger partial charge in [0.25, 0.3) is 0 Å². The summed E-state index contributed by atoms with van der Waals surface area (Å²) in [5, 5.41) is 3.07. The Balaban J connectivity index is 1.89. The Bertz CT molecular complexity index is 925. The molecule has 3 aromatic rings. The molecular formula is C20H22N2O3. The van der Waals surface area contributed by atoms with Crippen LogP contribution in [-0.2, 0) is 4.79 Å². The zero-order valence-electron chi connectivity index (χ0n) is 14.6. The Morgan fingerprint density at radius 3 is 2.32 bits per heavy atom. The fourth-order valence-corrected chi connectivity index (χ4v) is 3.04. The summed E-state index contributed by atoms with van der Waals surface area (Å²) < 4.78 is 6.63. The molecule has 2 aromatic carbocycles. The van der Waals surface area contributed by atoms with E-state index < -0.39 is 11.8 Å². The van der Waals surface area contributed by atoms with Gasteiger partial charge in [0.1, 0.15) is 6.04 Å². The largest absolute Gasteiger partial charge is 0.420 e. The van der Waals surface area contributed by atoms with Crippen molar-refractivity contribution in [2.45, 2.75) is 32.9 Å². The minimum atomic E-state index is -0.666. The zero-order chi connectivity index (χ0) is 18.0. The average Bonchev–Trinajstić information content (AvgIpc) is 2.95. The van der Waals surface area contributed by atoms with Crippen LogP contribution in [0.1, 0.15) is 38.4 Å². The number of hydrogen-bond acceptors (Lipinski definition) is 3. The molecule has 0 spiro atoms. The molecule has 1 aromatic heterocycles. The molecule has 1 amide bonds. The summed E-state index contributed by atoms with van der Waals surface area (Å²) in [5.74, 6) is -0.516. The first-order valence-corrected chi connectivity index (χ1v) is 8.44. The van der Waals surface area contributed by atoms with Crippen molar-refractivity contribution >= 4 is 17.0 Å². The summed E-state index contributed by atoms with van der Waals surface area (Å²) in [4.78, 5) is 25.0. The van der Waals surface area contributed by atoms with Crippen LogP contribution in [-0.4, -0.2) is 10.5 Å². The molecule has 0 fully saturated rings. The molecule has 0 bridgehead atoms. The first-order valence-electron chi connectivity index (χ1n) is 8.44. The van der Waals surface area contributed by atoms with Crippen LogP contribution < -0.4 is 11.1 Å². The normalized spacial score (nSPS) is 13.8. The van der Waals surface area contributed by atoms with Crippen molar-refractivity contribution in [3.05, 3.63) is 70.7 Å². The highest BCUT2D eigenvalue weighted by Gasteiger charge is 2.25. The van der Waals surface area contributed by atoms with Crippen LogP contribution in [0.5, 0.6) is 0 Å². The van der Waals surface area contributed by atoms with E-state index in [-0.39, 0.29) is 17.9 Å². The molecule has 3 rings (SSSR count). The molecule has 1 heterocycles. The molecule has 2 atom stereocenters. The van der Waals surface area contributed by atoms with E-state index in [1.807, 2.05) is 36.4 Å². The number of para-hydroxylation sites is 2. The second-order valence-electron chi connectivity index (χ2n) is 6.52. The fraction of sp³-hybridized carbons (Fsp3) is 0.300. The van der Waals surface area contributed by atoms with E-state index in [2.05, 4.69) is 19.2 Å². The van der Waals surface area contributed by atoms with Gasteiger partial charge in [-0.2, -0.15) is 0 Å². The van der Waals surface area contributed by atoms with E-state index in [0.717, 1.165) is 5.56 Å². The Hall–Kier alpha value is -2.82. The van der Waals surface area contributed by atoms with E-state index in [0.29, 0.717) is 11.1 Å². The molecule has 0 saturated heterocycles. The molecule has 5 heteroatoms. The number of nitrogens with zero attached hydrogens (tertiary/aromatic N) is 1. The van der Waals surface area contributed by atoms with Gasteiger partial charge >= 0.3 is 5.76 Å². The summed E-state index contributed by atoms with van der Waals surface area (Å²) in [6, 6.07) is 16.2. The summed E-state index contributed by atoms with van der Waals surface area (Å²) in [7, 11) is 0. The van der Waals surface area contributed by atoms with Gasteiger partial charge in [0.05, 0.1) is 11.6 Å². The number of hydrogen-bond donors (Lipinski definition) is 1. The van der Waals surface area contributed by atoms with E-state index in [1.165, 1.54) is 4.57 Å². The van der Waals surface area contributed by atoms with Gasteiger partial charge in [-0.3, -0.25) is 9.36 Å². The number of fused-ring (bicyclic) bond motifs is 1. The van der Waals surface area contributed by atoms with E-state index in [1.54, 1.807) is 25.1 Å². The van der Waals surface area contributed by atoms with Gasteiger partial charge in [-0.25, -0.2) is 4.79 Å². The number of aromatic nitrogens is 1. The Kier molecular flexibility index (Phi) is 4.74. The number of oxazole rings is 1. The van der Waals surface area contributed by atoms with Crippen molar-refractivity contribution in [2.24, 2.45) is 5.92 Å². The van der Waals surface area contributed by atoms with Crippen molar-refractivity contribution in [2.75, 3.05) is 0 Å². The lowest BCUT2D eigenvalue weighted by Crippen LogP contribution is -2.38. The van der Waals surface area contributed by atoms with Crippen LogP contribution in [0, 0.1) is 5.92 Å². The second kappa shape index (κ2) is 6.97. The predicted molar refractivity (Wildman–Crippen MR) is 97.3 cm³/mol. The first-order chi connectivity index (χ1) is 12.0. The van der Waals surface area contributed by atoms with Crippen LogP contribution in [0.4, 0.5) is 0 Å². The summed E-state index contributed by atoms with van der Waals surface area (Å²) in [6.45, 7) is 5.82. The zero-order valence-corrected chi connectivity index (χ0v) is 14.6. The average molecular weight is 338 g/mol. The maximum atomic E-state index is 12.8. The third-order valence-electron chi connectivity index (χ3n) is 4.41. The monoisotopic (exact) mass is 338 g/mol.